The van der Waals surface area contributed by atoms with E-state index in [0.29, 0.717) is 11.9 Å². The molecule has 0 spiro atoms. The third-order valence-electron chi connectivity index (χ3n) is 2.92. The van der Waals surface area contributed by atoms with Gasteiger partial charge < -0.3 is 9.67 Å². The molecule has 0 saturated heterocycles. The van der Waals surface area contributed by atoms with Crippen LogP contribution in [0.5, 0.6) is 0 Å². The zero-order chi connectivity index (χ0) is 14.5. The molecule has 0 unspecified atom stereocenters. The first kappa shape index (κ1) is 15.1. The van der Waals surface area contributed by atoms with Crippen LogP contribution in [-0.4, -0.2) is 29.7 Å². The molecule has 6 nitrogen and oxygen atoms in total. The summed E-state index contributed by atoms with van der Waals surface area (Å²) in [6, 6.07) is 2.40. The molecule has 0 aromatic carbocycles. The number of aliphatic hydroxyl groups excluding tert-OH is 1. The monoisotopic (exact) mass is 295 g/mol. The molecule has 2 aromatic heterocycles. The minimum Gasteiger partial charge on any atom is -0.388 e. The molecule has 7 heteroatoms. The minimum atomic E-state index is -0.0739. The Kier molecular flexibility index (Phi) is 5.19. The topological polar surface area (TPSA) is 68.8 Å². The normalized spacial score (nSPS) is 11.4. The number of nitrogens with zero attached hydrogens (tertiary/aromatic N) is 5. The second-order valence-electron chi connectivity index (χ2n) is 4.88. The third kappa shape index (κ3) is 3.40. The summed E-state index contributed by atoms with van der Waals surface area (Å²) in [5.41, 5.74) is 1.03. The van der Waals surface area contributed by atoms with E-state index in [2.05, 4.69) is 36.1 Å². The molecule has 110 valence electrons. The predicted molar refractivity (Wildman–Crippen MR) is 78.4 cm³/mol. The van der Waals surface area contributed by atoms with Crippen molar-refractivity contribution in [2.45, 2.75) is 57.3 Å². The lowest BCUT2D eigenvalue weighted by Gasteiger charge is -2.06. The van der Waals surface area contributed by atoms with Crippen LogP contribution in [0, 0.1) is 0 Å². The van der Waals surface area contributed by atoms with Crippen molar-refractivity contribution in [3.63, 3.8) is 0 Å². The van der Waals surface area contributed by atoms with Gasteiger partial charge >= 0.3 is 0 Å². The lowest BCUT2D eigenvalue weighted by molar-refractivity contribution is 0.263. The van der Waals surface area contributed by atoms with Crippen LogP contribution in [-0.2, 0) is 18.9 Å². The molecule has 0 amide bonds. The van der Waals surface area contributed by atoms with E-state index in [1.165, 1.54) is 0 Å². The fourth-order valence-electron chi connectivity index (χ4n) is 1.87. The fourth-order valence-corrected chi connectivity index (χ4v) is 2.75. The highest BCUT2D eigenvalue weighted by molar-refractivity contribution is 7.98. The summed E-state index contributed by atoms with van der Waals surface area (Å²) >= 11 is 1.60. The molecule has 0 fully saturated rings. The van der Waals surface area contributed by atoms with E-state index in [1.807, 2.05) is 21.5 Å². The molecule has 0 radical (unpaired) electrons. The molecule has 0 bridgehead atoms. The van der Waals surface area contributed by atoms with Crippen LogP contribution in [0.3, 0.4) is 0 Å². The van der Waals surface area contributed by atoms with Gasteiger partial charge in [-0.05, 0) is 26.3 Å². The molecule has 0 aliphatic carbocycles. The van der Waals surface area contributed by atoms with Gasteiger partial charge in [0.25, 0.3) is 0 Å². The zero-order valence-electron chi connectivity index (χ0n) is 12.2. The highest BCUT2D eigenvalue weighted by Crippen LogP contribution is 2.22. The van der Waals surface area contributed by atoms with Crippen molar-refractivity contribution in [1.82, 2.24) is 24.5 Å². The Labute approximate surface area is 123 Å². The largest absolute Gasteiger partial charge is 0.388 e. The van der Waals surface area contributed by atoms with Crippen molar-refractivity contribution in [3.05, 3.63) is 23.8 Å². The average Bonchev–Trinajstić information content (AvgIpc) is 3.03. The van der Waals surface area contributed by atoms with Crippen LogP contribution < -0.4 is 0 Å². The fraction of sp³-hybridized carbons (Fsp3) is 0.615. The highest BCUT2D eigenvalue weighted by atomic mass is 32.2. The van der Waals surface area contributed by atoms with Crippen molar-refractivity contribution < 1.29 is 5.11 Å². The van der Waals surface area contributed by atoms with Crippen molar-refractivity contribution in [3.8, 4) is 0 Å². The molecule has 0 aliphatic rings. The van der Waals surface area contributed by atoms with E-state index in [9.17, 15) is 5.11 Å². The summed E-state index contributed by atoms with van der Waals surface area (Å²) in [7, 11) is 0. The van der Waals surface area contributed by atoms with Gasteiger partial charge in [-0.2, -0.15) is 5.10 Å². The molecule has 2 rings (SSSR count). The van der Waals surface area contributed by atoms with Crippen LogP contribution in [0.2, 0.25) is 0 Å². The zero-order valence-corrected chi connectivity index (χ0v) is 13.0. The number of thioether (sulfide) groups is 1. The van der Waals surface area contributed by atoms with E-state index in [4.69, 9.17) is 0 Å². The number of hydrogen-bond donors (Lipinski definition) is 1. The summed E-state index contributed by atoms with van der Waals surface area (Å²) < 4.78 is 3.93. The van der Waals surface area contributed by atoms with Gasteiger partial charge in [-0.15, -0.1) is 10.2 Å². The van der Waals surface area contributed by atoms with E-state index >= 15 is 0 Å². The van der Waals surface area contributed by atoms with Gasteiger partial charge in [0.15, 0.2) is 11.0 Å². The number of aromatic nitrogens is 5. The number of aliphatic hydroxyl groups is 1. The Hall–Kier alpha value is -1.34. The minimum absolute atomic E-state index is 0.0739. The van der Waals surface area contributed by atoms with E-state index in [1.54, 1.807) is 11.8 Å². The molecule has 1 N–H and O–H groups in total. The van der Waals surface area contributed by atoms with Gasteiger partial charge in [-0.3, -0.25) is 4.68 Å². The summed E-state index contributed by atoms with van der Waals surface area (Å²) in [5, 5.41) is 22.8. The molecule has 20 heavy (non-hydrogen) atoms. The van der Waals surface area contributed by atoms with Crippen molar-refractivity contribution >= 4 is 11.8 Å². The summed E-state index contributed by atoms with van der Waals surface area (Å²) in [4.78, 5) is 0. The maximum Gasteiger partial charge on any atom is 0.191 e. The molecule has 0 aliphatic heterocycles. The third-order valence-corrected chi connectivity index (χ3v) is 3.92. The van der Waals surface area contributed by atoms with Gasteiger partial charge in [0, 0.05) is 24.5 Å². The second-order valence-corrected chi connectivity index (χ2v) is 5.82. The van der Waals surface area contributed by atoms with E-state index in [-0.39, 0.29) is 6.61 Å². The highest BCUT2D eigenvalue weighted by Gasteiger charge is 2.12. The van der Waals surface area contributed by atoms with E-state index < -0.39 is 0 Å². The first-order valence-corrected chi connectivity index (χ1v) is 7.84. The maximum atomic E-state index is 9.26. The Morgan fingerprint density at radius 2 is 2.15 bits per heavy atom. The van der Waals surface area contributed by atoms with Crippen LogP contribution in [0.1, 0.15) is 44.8 Å². The van der Waals surface area contributed by atoms with Gasteiger partial charge in [-0.25, -0.2) is 0 Å². The Morgan fingerprint density at radius 1 is 1.35 bits per heavy atom. The van der Waals surface area contributed by atoms with Crippen LogP contribution in [0.4, 0.5) is 0 Å². The Morgan fingerprint density at radius 3 is 2.75 bits per heavy atom. The quantitative estimate of drug-likeness (QED) is 0.793. The van der Waals surface area contributed by atoms with Crippen LogP contribution in [0.15, 0.2) is 17.4 Å². The summed E-state index contributed by atoms with van der Waals surface area (Å²) in [5.74, 6) is 1.38. The first-order valence-electron chi connectivity index (χ1n) is 6.85. The maximum absolute atomic E-state index is 9.26. The average molecular weight is 295 g/mol. The molecule has 0 atom stereocenters. The van der Waals surface area contributed by atoms with Gasteiger partial charge in [0.1, 0.15) is 6.61 Å². The predicted octanol–water partition coefficient (Wildman–Crippen LogP) is 2.25. The summed E-state index contributed by atoms with van der Waals surface area (Å²) in [6.07, 6.45) is 2.98. The molecule has 0 saturated carbocycles. The second kappa shape index (κ2) is 6.90. The van der Waals surface area contributed by atoms with Crippen molar-refractivity contribution in [2.75, 3.05) is 0 Å². The van der Waals surface area contributed by atoms with E-state index in [0.717, 1.165) is 29.6 Å². The molecular formula is C13H21N5OS. The van der Waals surface area contributed by atoms with Crippen molar-refractivity contribution in [1.29, 1.82) is 0 Å². The van der Waals surface area contributed by atoms with Crippen molar-refractivity contribution in [2.24, 2.45) is 0 Å². The summed E-state index contributed by atoms with van der Waals surface area (Å²) in [6.45, 7) is 7.06. The van der Waals surface area contributed by atoms with Gasteiger partial charge in [-0.1, -0.05) is 18.7 Å². The van der Waals surface area contributed by atoms with Crippen LogP contribution in [0.25, 0.3) is 0 Å². The Bertz CT molecular complexity index is 549. The molecule has 2 heterocycles. The lowest BCUT2D eigenvalue weighted by atomic mass is 10.4. The molecule has 2 aromatic rings. The smallest absolute Gasteiger partial charge is 0.191 e. The SMILES string of the molecule is CCCn1c(CO)nnc1SCc1ccn(C(C)C)n1. The number of hydrogen-bond acceptors (Lipinski definition) is 5. The van der Waals surface area contributed by atoms with Crippen LogP contribution >= 0.6 is 11.8 Å². The van der Waals surface area contributed by atoms with Gasteiger partial charge in [0.2, 0.25) is 0 Å². The lowest BCUT2D eigenvalue weighted by Crippen LogP contribution is -2.05. The first-order chi connectivity index (χ1) is 9.65. The standard InChI is InChI=1S/C13H21N5OS/c1-4-6-17-12(8-19)14-15-13(17)20-9-11-5-7-18(16-11)10(2)3/h5,7,10,19H,4,6,8-9H2,1-3H3. The number of rotatable bonds is 7. The Balaban J connectivity index is 2.04. The molecular weight excluding hydrogens is 274 g/mol. The van der Waals surface area contributed by atoms with Gasteiger partial charge in [0.05, 0.1) is 5.69 Å².